The topological polar surface area (TPSA) is 36.9 Å². The molecule has 3 aromatic carbocycles. The Kier molecular flexibility index (Phi) is 7.17. The highest BCUT2D eigenvalue weighted by molar-refractivity contribution is 5.76. The van der Waals surface area contributed by atoms with Crippen molar-refractivity contribution in [1.82, 2.24) is 0 Å². The molecule has 3 rings (SSSR count). The maximum absolute atomic E-state index is 5.44. The van der Waals surface area contributed by atoms with Crippen LogP contribution < -0.4 is 18.9 Å². The molecule has 0 amide bonds. The van der Waals surface area contributed by atoms with Crippen molar-refractivity contribution in [3.05, 3.63) is 82.9 Å². The maximum Gasteiger partial charge on any atom is 0.129 e. The fraction of sp³-hybridized carbons (Fsp3) is 0.154. The van der Waals surface area contributed by atoms with Crippen LogP contribution in [0.1, 0.15) is 22.3 Å². The molecule has 0 aliphatic heterocycles. The number of benzene rings is 3. The molecule has 0 aliphatic carbocycles. The molecule has 0 unspecified atom stereocenters. The van der Waals surface area contributed by atoms with Gasteiger partial charge in [-0.05, 0) is 35.4 Å². The van der Waals surface area contributed by atoms with Gasteiger partial charge in [-0.3, -0.25) is 0 Å². The zero-order valence-electron chi connectivity index (χ0n) is 17.7. The molecule has 0 N–H and O–H groups in total. The van der Waals surface area contributed by atoms with E-state index in [9.17, 15) is 0 Å². The van der Waals surface area contributed by atoms with E-state index in [4.69, 9.17) is 18.9 Å². The highest BCUT2D eigenvalue weighted by Gasteiger charge is 2.03. The SMILES string of the molecule is COc1ccc(C=Cc2ccc(C=Cc3ccc(OC)cc3OC)cc2)c(OC)c1. The predicted octanol–water partition coefficient (Wildman–Crippen LogP) is 6.06. The molecule has 4 nitrogen and oxygen atoms in total. The number of rotatable bonds is 8. The fourth-order valence-electron chi connectivity index (χ4n) is 3.00. The minimum atomic E-state index is 0.772. The van der Waals surface area contributed by atoms with E-state index in [0.717, 1.165) is 45.3 Å². The summed E-state index contributed by atoms with van der Waals surface area (Å²) in [5.41, 5.74) is 4.20. The van der Waals surface area contributed by atoms with Gasteiger partial charge < -0.3 is 18.9 Å². The van der Waals surface area contributed by atoms with E-state index in [2.05, 4.69) is 36.4 Å². The van der Waals surface area contributed by atoms with E-state index in [0.29, 0.717) is 0 Å². The first-order chi connectivity index (χ1) is 14.7. The average molecular weight is 402 g/mol. The van der Waals surface area contributed by atoms with Gasteiger partial charge in [-0.1, -0.05) is 48.6 Å². The Labute approximate surface area is 178 Å². The Balaban J connectivity index is 1.73. The van der Waals surface area contributed by atoms with Crippen molar-refractivity contribution >= 4 is 24.3 Å². The van der Waals surface area contributed by atoms with Gasteiger partial charge in [0.15, 0.2) is 0 Å². The minimum Gasteiger partial charge on any atom is -0.497 e. The van der Waals surface area contributed by atoms with Crippen LogP contribution in [-0.2, 0) is 0 Å². The summed E-state index contributed by atoms with van der Waals surface area (Å²) in [4.78, 5) is 0. The molecule has 3 aromatic rings. The number of ether oxygens (including phenoxy) is 4. The lowest BCUT2D eigenvalue weighted by Gasteiger charge is -2.07. The summed E-state index contributed by atoms with van der Waals surface area (Å²) in [7, 11) is 6.60. The lowest BCUT2D eigenvalue weighted by Crippen LogP contribution is -1.89. The van der Waals surface area contributed by atoms with Crippen LogP contribution in [0.4, 0.5) is 0 Å². The smallest absolute Gasteiger partial charge is 0.129 e. The summed E-state index contributed by atoms with van der Waals surface area (Å²) in [6, 6.07) is 19.9. The molecule has 0 spiro atoms. The Bertz CT molecular complexity index is 949. The van der Waals surface area contributed by atoms with Crippen molar-refractivity contribution in [3.8, 4) is 23.0 Å². The molecule has 0 fully saturated rings. The lowest BCUT2D eigenvalue weighted by atomic mass is 10.1. The van der Waals surface area contributed by atoms with Gasteiger partial charge in [-0.2, -0.15) is 0 Å². The third kappa shape index (κ3) is 5.23. The van der Waals surface area contributed by atoms with Crippen LogP contribution >= 0.6 is 0 Å². The van der Waals surface area contributed by atoms with Crippen LogP contribution in [0.15, 0.2) is 60.7 Å². The summed E-state index contributed by atoms with van der Waals surface area (Å²) in [5, 5.41) is 0. The molecule has 4 heteroatoms. The summed E-state index contributed by atoms with van der Waals surface area (Å²) in [5.74, 6) is 3.10. The molecule has 0 radical (unpaired) electrons. The maximum atomic E-state index is 5.44. The van der Waals surface area contributed by atoms with E-state index in [1.54, 1.807) is 28.4 Å². The second kappa shape index (κ2) is 10.2. The lowest BCUT2D eigenvalue weighted by molar-refractivity contribution is 0.393. The highest BCUT2D eigenvalue weighted by atomic mass is 16.5. The fourth-order valence-corrected chi connectivity index (χ4v) is 3.00. The van der Waals surface area contributed by atoms with Crippen molar-refractivity contribution in [3.63, 3.8) is 0 Å². The average Bonchev–Trinajstić information content (AvgIpc) is 2.81. The van der Waals surface area contributed by atoms with Crippen LogP contribution in [0.3, 0.4) is 0 Å². The normalized spacial score (nSPS) is 11.1. The Morgan fingerprint density at radius 2 is 0.867 bits per heavy atom. The predicted molar refractivity (Wildman–Crippen MR) is 123 cm³/mol. The zero-order chi connectivity index (χ0) is 21.3. The Morgan fingerprint density at radius 3 is 1.20 bits per heavy atom. The van der Waals surface area contributed by atoms with Gasteiger partial charge in [-0.15, -0.1) is 0 Å². The first kappa shape index (κ1) is 21.1. The molecule has 0 saturated carbocycles. The van der Waals surface area contributed by atoms with E-state index < -0.39 is 0 Å². The molecule has 154 valence electrons. The van der Waals surface area contributed by atoms with Gasteiger partial charge in [0.25, 0.3) is 0 Å². The second-order valence-electron chi connectivity index (χ2n) is 6.55. The summed E-state index contributed by atoms with van der Waals surface area (Å²) in [6.07, 6.45) is 8.19. The Hall–Kier alpha value is -3.66. The van der Waals surface area contributed by atoms with Crippen LogP contribution in [0, 0.1) is 0 Å². The largest absolute Gasteiger partial charge is 0.497 e. The number of methoxy groups -OCH3 is 4. The van der Waals surface area contributed by atoms with Crippen molar-refractivity contribution < 1.29 is 18.9 Å². The first-order valence-electron chi connectivity index (χ1n) is 9.57. The molecule has 0 aromatic heterocycles. The highest BCUT2D eigenvalue weighted by Crippen LogP contribution is 2.27. The van der Waals surface area contributed by atoms with Crippen LogP contribution in [0.5, 0.6) is 23.0 Å². The number of hydrogen-bond acceptors (Lipinski definition) is 4. The summed E-state index contributed by atoms with van der Waals surface area (Å²) < 4.78 is 21.4. The molecule has 0 bridgehead atoms. The van der Waals surface area contributed by atoms with Crippen molar-refractivity contribution in [1.29, 1.82) is 0 Å². The summed E-state index contributed by atoms with van der Waals surface area (Å²) in [6.45, 7) is 0. The quantitative estimate of drug-likeness (QED) is 0.429. The van der Waals surface area contributed by atoms with Gasteiger partial charge >= 0.3 is 0 Å². The first-order valence-corrected chi connectivity index (χ1v) is 9.57. The van der Waals surface area contributed by atoms with Crippen LogP contribution in [0.2, 0.25) is 0 Å². The van der Waals surface area contributed by atoms with Gasteiger partial charge in [0.1, 0.15) is 23.0 Å². The molecular formula is C26H26O4. The van der Waals surface area contributed by atoms with Crippen molar-refractivity contribution in [2.45, 2.75) is 0 Å². The van der Waals surface area contributed by atoms with Crippen molar-refractivity contribution in [2.75, 3.05) is 28.4 Å². The monoisotopic (exact) mass is 402 g/mol. The Morgan fingerprint density at radius 1 is 0.467 bits per heavy atom. The van der Waals surface area contributed by atoms with Crippen LogP contribution in [-0.4, -0.2) is 28.4 Å². The van der Waals surface area contributed by atoms with E-state index in [1.165, 1.54) is 0 Å². The molecule has 0 aliphatic rings. The molecular weight excluding hydrogens is 376 g/mol. The van der Waals surface area contributed by atoms with E-state index in [1.807, 2.05) is 48.6 Å². The van der Waals surface area contributed by atoms with Gasteiger partial charge in [-0.25, -0.2) is 0 Å². The molecule has 30 heavy (non-hydrogen) atoms. The molecule has 0 heterocycles. The van der Waals surface area contributed by atoms with E-state index >= 15 is 0 Å². The number of hydrogen-bond donors (Lipinski definition) is 0. The molecule has 0 saturated heterocycles. The van der Waals surface area contributed by atoms with Crippen molar-refractivity contribution in [2.24, 2.45) is 0 Å². The zero-order valence-corrected chi connectivity index (χ0v) is 17.7. The molecule has 0 atom stereocenters. The van der Waals surface area contributed by atoms with Gasteiger partial charge in [0.05, 0.1) is 28.4 Å². The summed E-state index contributed by atoms with van der Waals surface area (Å²) >= 11 is 0. The third-order valence-corrected chi connectivity index (χ3v) is 4.73. The van der Waals surface area contributed by atoms with Crippen LogP contribution in [0.25, 0.3) is 24.3 Å². The van der Waals surface area contributed by atoms with Gasteiger partial charge in [0.2, 0.25) is 0 Å². The van der Waals surface area contributed by atoms with E-state index in [-0.39, 0.29) is 0 Å². The minimum absolute atomic E-state index is 0.772. The van der Waals surface area contributed by atoms with Gasteiger partial charge in [0, 0.05) is 23.3 Å². The second-order valence-corrected chi connectivity index (χ2v) is 6.55. The third-order valence-electron chi connectivity index (χ3n) is 4.73. The standard InChI is InChI=1S/C26H26O4/c1-27-23-15-13-21(25(17-23)29-3)11-9-19-5-7-20(8-6-19)10-12-22-14-16-24(28-2)18-26(22)30-4/h5-18H,1-4H3.